The summed E-state index contributed by atoms with van der Waals surface area (Å²) in [7, 11) is 4.80. The summed E-state index contributed by atoms with van der Waals surface area (Å²) >= 11 is 0. The number of benzene rings is 2. The monoisotopic (exact) mass is 344 g/mol. The van der Waals surface area contributed by atoms with Crippen molar-refractivity contribution in [1.82, 2.24) is 0 Å². The van der Waals surface area contributed by atoms with Gasteiger partial charge in [0.2, 0.25) is 0 Å². The maximum absolute atomic E-state index is 12.1. The van der Waals surface area contributed by atoms with Gasteiger partial charge in [0.25, 0.3) is 0 Å². The molecule has 0 radical (unpaired) electrons. The highest BCUT2D eigenvalue weighted by Crippen LogP contribution is 2.34. The minimum Gasteiger partial charge on any atom is -0.497 e. The van der Waals surface area contributed by atoms with Crippen LogP contribution in [0.2, 0.25) is 0 Å². The maximum Gasteiger partial charge on any atom is 0.338 e. The van der Waals surface area contributed by atoms with Gasteiger partial charge in [-0.25, -0.2) is 4.79 Å². The molecule has 5 heteroatoms. The molecule has 2 aromatic rings. The van der Waals surface area contributed by atoms with Crippen molar-refractivity contribution in [3.63, 3.8) is 0 Å². The lowest BCUT2D eigenvalue weighted by Crippen LogP contribution is -2.07. The zero-order valence-corrected chi connectivity index (χ0v) is 15.1. The van der Waals surface area contributed by atoms with Crippen LogP contribution in [0.3, 0.4) is 0 Å². The summed E-state index contributed by atoms with van der Waals surface area (Å²) in [6.07, 6.45) is 1.48. The Morgan fingerprint density at radius 1 is 0.960 bits per heavy atom. The van der Waals surface area contributed by atoms with Crippen molar-refractivity contribution in [2.75, 3.05) is 27.9 Å². The van der Waals surface area contributed by atoms with Gasteiger partial charge in [-0.15, -0.1) is 0 Å². The molecule has 25 heavy (non-hydrogen) atoms. The Hall–Kier alpha value is -2.69. The van der Waals surface area contributed by atoms with Gasteiger partial charge < -0.3 is 18.9 Å². The average molecular weight is 344 g/mol. The van der Waals surface area contributed by atoms with Crippen LogP contribution in [-0.2, 0) is 17.6 Å². The Kier molecular flexibility index (Phi) is 6.69. The normalized spacial score (nSPS) is 10.2. The molecular formula is C20H24O5. The second-order valence-corrected chi connectivity index (χ2v) is 5.44. The van der Waals surface area contributed by atoms with E-state index in [0.717, 1.165) is 23.3 Å². The van der Waals surface area contributed by atoms with Crippen LogP contribution in [0.25, 0.3) is 0 Å². The van der Waals surface area contributed by atoms with Crippen LogP contribution in [0, 0.1) is 0 Å². The van der Waals surface area contributed by atoms with E-state index in [0.29, 0.717) is 30.1 Å². The number of hydrogen-bond donors (Lipinski definition) is 0. The van der Waals surface area contributed by atoms with Gasteiger partial charge in [0.15, 0.2) is 11.5 Å². The zero-order valence-electron chi connectivity index (χ0n) is 15.1. The van der Waals surface area contributed by atoms with Gasteiger partial charge in [-0.05, 0) is 55.2 Å². The molecule has 0 aliphatic heterocycles. The van der Waals surface area contributed by atoms with Gasteiger partial charge in [0.1, 0.15) is 5.75 Å². The lowest BCUT2D eigenvalue weighted by atomic mass is 10.0. The molecule has 0 aliphatic carbocycles. The molecule has 0 aliphatic rings. The molecule has 0 saturated heterocycles. The molecular weight excluding hydrogens is 320 g/mol. The van der Waals surface area contributed by atoms with Gasteiger partial charge in [-0.1, -0.05) is 12.1 Å². The van der Waals surface area contributed by atoms with Crippen molar-refractivity contribution in [3.8, 4) is 17.2 Å². The van der Waals surface area contributed by atoms with Gasteiger partial charge >= 0.3 is 5.97 Å². The number of hydrogen-bond acceptors (Lipinski definition) is 5. The average Bonchev–Trinajstić information content (AvgIpc) is 2.65. The van der Waals surface area contributed by atoms with Crippen LogP contribution in [0.5, 0.6) is 17.2 Å². The zero-order chi connectivity index (χ0) is 18.2. The fourth-order valence-corrected chi connectivity index (χ4v) is 2.67. The van der Waals surface area contributed by atoms with Gasteiger partial charge in [-0.2, -0.15) is 0 Å². The molecule has 134 valence electrons. The van der Waals surface area contributed by atoms with E-state index in [-0.39, 0.29) is 5.97 Å². The topological polar surface area (TPSA) is 54.0 Å². The molecule has 0 N–H and O–H groups in total. The minimum atomic E-state index is -0.369. The fraction of sp³-hybridized carbons (Fsp3) is 0.350. The molecule has 0 amide bonds. The van der Waals surface area contributed by atoms with Gasteiger partial charge in [0, 0.05) is 0 Å². The largest absolute Gasteiger partial charge is 0.497 e. The quantitative estimate of drug-likeness (QED) is 0.684. The van der Waals surface area contributed by atoms with Crippen LogP contribution >= 0.6 is 0 Å². The predicted octanol–water partition coefficient (Wildman–Crippen LogP) is 3.67. The van der Waals surface area contributed by atoms with Crippen molar-refractivity contribution in [2.45, 2.75) is 19.8 Å². The molecule has 2 rings (SSSR count). The Labute approximate surface area is 148 Å². The molecule has 0 heterocycles. The van der Waals surface area contributed by atoms with Crippen molar-refractivity contribution in [2.24, 2.45) is 0 Å². The second-order valence-electron chi connectivity index (χ2n) is 5.44. The molecule has 2 aromatic carbocycles. The number of ether oxygens (including phenoxy) is 4. The van der Waals surface area contributed by atoms with Crippen LogP contribution < -0.4 is 14.2 Å². The first-order valence-corrected chi connectivity index (χ1v) is 8.17. The van der Waals surface area contributed by atoms with Crippen LogP contribution in [0.4, 0.5) is 0 Å². The number of aryl methyl sites for hydroxylation is 2. The number of carbonyl (C=O) groups is 1. The highest BCUT2D eigenvalue weighted by atomic mass is 16.5. The molecule has 0 spiro atoms. The van der Waals surface area contributed by atoms with E-state index < -0.39 is 0 Å². The summed E-state index contributed by atoms with van der Waals surface area (Å²) < 4.78 is 21.2. The Balaban J connectivity index is 2.30. The number of rotatable bonds is 8. The van der Waals surface area contributed by atoms with Crippen LogP contribution in [0.15, 0.2) is 36.4 Å². The van der Waals surface area contributed by atoms with E-state index in [1.807, 2.05) is 24.3 Å². The fourth-order valence-electron chi connectivity index (χ4n) is 2.67. The SMILES string of the molecule is CCOC(=O)c1cc(CCc2cccc(OC)c2)c(OC)c(OC)c1. The summed E-state index contributed by atoms with van der Waals surface area (Å²) in [6, 6.07) is 11.4. The van der Waals surface area contributed by atoms with E-state index in [4.69, 9.17) is 18.9 Å². The van der Waals surface area contributed by atoms with E-state index in [9.17, 15) is 4.79 Å². The Morgan fingerprint density at radius 2 is 1.76 bits per heavy atom. The number of esters is 1. The first-order valence-electron chi connectivity index (χ1n) is 8.17. The first kappa shape index (κ1) is 18.6. The van der Waals surface area contributed by atoms with Crippen molar-refractivity contribution in [1.29, 1.82) is 0 Å². The lowest BCUT2D eigenvalue weighted by molar-refractivity contribution is 0.0525. The Morgan fingerprint density at radius 3 is 2.40 bits per heavy atom. The molecule has 0 unspecified atom stereocenters. The molecule has 0 saturated carbocycles. The summed E-state index contributed by atoms with van der Waals surface area (Å²) in [6.45, 7) is 2.11. The summed E-state index contributed by atoms with van der Waals surface area (Å²) in [5.74, 6) is 1.61. The van der Waals surface area contributed by atoms with Crippen LogP contribution in [-0.4, -0.2) is 33.9 Å². The summed E-state index contributed by atoms with van der Waals surface area (Å²) in [5, 5.41) is 0. The summed E-state index contributed by atoms with van der Waals surface area (Å²) in [5.41, 5.74) is 2.50. The molecule has 5 nitrogen and oxygen atoms in total. The third-order valence-electron chi connectivity index (χ3n) is 3.88. The first-order chi connectivity index (χ1) is 12.1. The molecule has 0 atom stereocenters. The van der Waals surface area contributed by atoms with Crippen LogP contribution in [0.1, 0.15) is 28.4 Å². The predicted molar refractivity (Wildman–Crippen MR) is 95.9 cm³/mol. The molecule has 0 aromatic heterocycles. The van der Waals surface area contributed by atoms with Crippen molar-refractivity contribution < 1.29 is 23.7 Å². The molecule has 0 fully saturated rings. The Bertz CT molecular complexity index is 724. The van der Waals surface area contributed by atoms with E-state index in [2.05, 4.69) is 0 Å². The summed E-state index contributed by atoms with van der Waals surface area (Å²) in [4.78, 5) is 12.1. The lowest BCUT2D eigenvalue weighted by Gasteiger charge is -2.15. The smallest absolute Gasteiger partial charge is 0.338 e. The molecule has 0 bridgehead atoms. The number of carbonyl (C=O) groups excluding carboxylic acids is 1. The van der Waals surface area contributed by atoms with Gasteiger partial charge in [-0.3, -0.25) is 0 Å². The van der Waals surface area contributed by atoms with Crippen molar-refractivity contribution >= 4 is 5.97 Å². The minimum absolute atomic E-state index is 0.326. The third-order valence-corrected chi connectivity index (χ3v) is 3.88. The van der Waals surface area contributed by atoms with E-state index >= 15 is 0 Å². The van der Waals surface area contributed by atoms with Crippen molar-refractivity contribution in [3.05, 3.63) is 53.1 Å². The third kappa shape index (κ3) is 4.66. The number of methoxy groups -OCH3 is 3. The standard InChI is InChI=1S/C20H24O5/c1-5-25-20(21)16-12-15(19(24-4)18(13-16)23-3)10-9-14-7-6-8-17(11-14)22-2/h6-8,11-13H,5,9-10H2,1-4H3. The highest BCUT2D eigenvalue weighted by Gasteiger charge is 2.17. The van der Waals surface area contributed by atoms with E-state index in [1.54, 1.807) is 40.4 Å². The second kappa shape index (κ2) is 8.97. The maximum atomic E-state index is 12.1. The van der Waals surface area contributed by atoms with E-state index in [1.165, 1.54) is 0 Å². The van der Waals surface area contributed by atoms with Gasteiger partial charge in [0.05, 0.1) is 33.5 Å². The highest BCUT2D eigenvalue weighted by molar-refractivity contribution is 5.90.